The molecule has 0 amide bonds. The average molecular weight is 306 g/mol. The summed E-state index contributed by atoms with van der Waals surface area (Å²) in [5.74, 6) is 0.902. The number of nitrogens with zero attached hydrogens (tertiary/aromatic N) is 1. The fourth-order valence-corrected chi connectivity index (χ4v) is 1.91. The minimum absolute atomic E-state index is 0.674. The first kappa shape index (κ1) is 13.0. The van der Waals surface area contributed by atoms with E-state index in [9.17, 15) is 0 Å². The van der Waals surface area contributed by atoms with Gasteiger partial charge in [0.05, 0.1) is 6.54 Å². The van der Waals surface area contributed by atoms with Gasteiger partial charge in [0.2, 0.25) is 0 Å². The topological polar surface area (TPSA) is 12.5 Å². The van der Waals surface area contributed by atoms with E-state index in [2.05, 4.69) is 40.0 Å². The van der Waals surface area contributed by atoms with Crippen LogP contribution in [0, 0.1) is 0 Å². The molecule has 2 rings (SSSR count). The highest BCUT2D eigenvalue weighted by Crippen LogP contribution is 2.16. The third-order valence-corrected chi connectivity index (χ3v) is 3.23. The van der Waals surface area contributed by atoms with Gasteiger partial charge in [0, 0.05) is 17.2 Å². The van der Waals surface area contributed by atoms with Crippen LogP contribution in [-0.2, 0) is 0 Å². The summed E-state index contributed by atoms with van der Waals surface area (Å²) < 4.78 is 6.76. The first-order chi connectivity index (χ1) is 8.75. The molecule has 3 heteroatoms. The van der Waals surface area contributed by atoms with Gasteiger partial charge in [0.15, 0.2) is 0 Å². The molecule has 0 radical (unpaired) electrons. The molecule has 0 N–H and O–H groups in total. The number of benzene rings is 2. The van der Waals surface area contributed by atoms with Crippen molar-refractivity contribution in [2.75, 3.05) is 25.1 Å². The molecule has 0 atom stereocenters. The van der Waals surface area contributed by atoms with Gasteiger partial charge in [-0.15, -0.1) is 0 Å². The van der Waals surface area contributed by atoms with Gasteiger partial charge in [0.25, 0.3) is 0 Å². The van der Waals surface area contributed by atoms with E-state index in [4.69, 9.17) is 4.74 Å². The van der Waals surface area contributed by atoms with Crippen molar-refractivity contribution in [1.82, 2.24) is 0 Å². The normalized spacial score (nSPS) is 10.1. The zero-order valence-electron chi connectivity index (χ0n) is 10.3. The van der Waals surface area contributed by atoms with Crippen molar-refractivity contribution < 1.29 is 4.74 Å². The second-order valence-corrected chi connectivity index (χ2v) is 4.98. The average Bonchev–Trinajstić information content (AvgIpc) is 2.42. The molecule has 0 saturated carbocycles. The summed E-state index contributed by atoms with van der Waals surface area (Å²) in [5, 5.41) is 0. The van der Waals surface area contributed by atoms with Crippen LogP contribution >= 0.6 is 15.9 Å². The number of rotatable bonds is 5. The molecular weight excluding hydrogens is 290 g/mol. The lowest BCUT2D eigenvalue weighted by Gasteiger charge is -2.19. The summed E-state index contributed by atoms with van der Waals surface area (Å²) in [5.41, 5.74) is 1.21. The van der Waals surface area contributed by atoms with Gasteiger partial charge in [-0.25, -0.2) is 0 Å². The lowest BCUT2D eigenvalue weighted by atomic mass is 10.3. The fraction of sp³-hybridized carbons (Fsp3) is 0.200. The molecule has 0 spiro atoms. The molecule has 2 aromatic rings. The smallest absolute Gasteiger partial charge is 0.119 e. The van der Waals surface area contributed by atoms with E-state index in [1.165, 1.54) is 5.69 Å². The van der Waals surface area contributed by atoms with E-state index in [1.54, 1.807) is 0 Å². The van der Waals surface area contributed by atoms with Crippen molar-refractivity contribution in [2.45, 2.75) is 0 Å². The summed E-state index contributed by atoms with van der Waals surface area (Å²) in [6, 6.07) is 18.2. The molecule has 2 nitrogen and oxygen atoms in total. The molecule has 18 heavy (non-hydrogen) atoms. The Labute approximate surface area is 116 Å². The standard InChI is InChI=1S/C15H16BrNO/c1-17(14-5-3-2-4-6-14)11-12-18-15-9-7-13(16)8-10-15/h2-10H,11-12H2,1H3. The first-order valence-corrected chi connectivity index (χ1v) is 6.69. The van der Waals surface area contributed by atoms with E-state index in [0.717, 1.165) is 16.8 Å². The van der Waals surface area contributed by atoms with Crippen molar-refractivity contribution in [2.24, 2.45) is 0 Å². The van der Waals surface area contributed by atoms with Gasteiger partial charge in [-0.3, -0.25) is 0 Å². The summed E-state index contributed by atoms with van der Waals surface area (Å²) in [6.07, 6.45) is 0. The van der Waals surface area contributed by atoms with E-state index in [-0.39, 0.29) is 0 Å². The number of halogens is 1. The van der Waals surface area contributed by atoms with Crippen LogP contribution in [-0.4, -0.2) is 20.2 Å². The Hall–Kier alpha value is -1.48. The first-order valence-electron chi connectivity index (χ1n) is 5.90. The minimum atomic E-state index is 0.674. The molecular formula is C15H16BrNO. The van der Waals surface area contributed by atoms with E-state index < -0.39 is 0 Å². The predicted molar refractivity (Wildman–Crippen MR) is 79.3 cm³/mol. The minimum Gasteiger partial charge on any atom is -0.492 e. The van der Waals surface area contributed by atoms with Gasteiger partial charge in [-0.1, -0.05) is 34.1 Å². The lowest BCUT2D eigenvalue weighted by molar-refractivity contribution is 0.326. The van der Waals surface area contributed by atoms with Crippen molar-refractivity contribution in [3.05, 3.63) is 59.1 Å². The number of hydrogen-bond donors (Lipinski definition) is 0. The van der Waals surface area contributed by atoms with Gasteiger partial charge >= 0.3 is 0 Å². The molecule has 0 aliphatic carbocycles. The predicted octanol–water partition coefficient (Wildman–Crippen LogP) is 3.96. The summed E-state index contributed by atoms with van der Waals surface area (Å²) in [4.78, 5) is 2.18. The Morgan fingerprint density at radius 2 is 1.67 bits per heavy atom. The highest BCUT2D eigenvalue weighted by atomic mass is 79.9. The fourth-order valence-electron chi connectivity index (χ4n) is 1.64. The molecule has 2 aromatic carbocycles. The van der Waals surface area contributed by atoms with Crippen molar-refractivity contribution in [3.63, 3.8) is 0 Å². The van der Waals surface area contributed by atoms with Crippen molar-refractivity contribution in [3.8, 4) is 5.75 Å². The maximum atomic E-state index is 5.69. The van der Waals surface area contributed by atoms with Gasteiger partial charge in [0.1, 0.15) is 12.4 Å². The van der Waals surface area contributed by atoms with Gasteiger partial charge < -0.3 is 9.64 Å². The number of hydrogen-bond acceptors (Lipinski definition) is 2. The highest BCUT2D eigenvalue weighted by Gasteiger charge is 2.00. The quantitative estimate of drug-likeness (QED) is 0.829. The number of ether oxygens (including phenoxy) is 1. The molecule has 0 aliphatic rings. The Balaban J connectivity index is 1.80. The highest BCUT2D eigenvalue weighted by molar-refractivity contribution is 9.10. The van der Waals surface area contributed by atoms with E-state index in [0.29, 0.717) is 6.61 Å². The molecule has 0 unspecified atom stereocenters. The SMILES string of the molecule is CN(CCOc1ccc(Br)cc1)c1ccccc1. The third-order valence-electron chi connectivity index (χ3n) is 2.71. The van der Waals surface area contributed by atoms with Crippen LogP contribution in [0.1, 0.15) is 0 Å². The molecule has 94 valence electrons. The number of likely N-dealkylation sites (N-methyl/N-ethyl adjacent to an activating group) is 1. The maximum absolute atomic E-state index is 5.69. The monoisotopic (exact) mass is 305 g/mol. The largest absolute Gasteiger partial charge is 0.492 e. The molecule has 0 aromatic heterocycles. The molecule has 0 heterocycles. The van der Waals surface area contributed by atoms with Crippen LogP contribution in [0.2, 0.25) is 0 Å². The second-order valence-electron chi connectivity index (χ2n) is 4.06. The second kappa shape index (κ2) is 6.45. The molecule has 0 fully saturated rings. The van der Waals surface area contributed by atoms with Crippen molar-refractivity contribution in [1.29, 1.82) is 0 Å². The lowest BCUT2D eigenvalue weighted by Crippen LogP contribution is -2.23. The van der Waals surface area contributed by atoms with Gasteiger partial charge in [-0.2, -0.15) is 0 Å². The molecule has 0 aliphatic heterocycles. The zero-order chi connectivity index (χ0) is 12.8. The Morgan fingerprint density at radius 3 is 2.33 bits per heavy atom. The summed E-state index contributed by atoms with van der Waals surface area (Å²) in [6.45, 7) is 1.53. The summed E-state index contributed by atoms with van der Waals surface area (Å²) >= 11 is 3.40. The van der Waals surface area contributed by atoms with Crippen LogP contribution in [0.4, 0.5) is 5.69 Å². The summed E-state index contributed by atoms with van der Waals surface area (Å²) in [7, 11) is 2.07. The van der Waals surface area contributed by atoms with Crippen LogP contribution in [0.15, 0.2) is 59.1 Å². The van der Waals surface area contributed by atoms with Crippen LogP contribution in [0.25, 0.3) is 0 Å². The molecule has 0 saturated heterocycles. The van der Waals surface area contributed by atoms with Crippen molar-refractivity contribution >= 4 is 21.6 Å². The maximum Gasteiger partial charge on any atom is 0.119 e. The van der Waals surface area contributed by atoms with Gasteiger partial charge in [-0.05, 0) is 36.4 Å². The Morgan fingerprint density at radius 1 is 1.00 bits per heavy atom. The number of para-hydroxylation sites is 1. The third kappa shape index (κ3) is 3.77. The number of anilines is 1. The Bertz CT molecular complexity index is 470. The Kier molecular flexibility index (Phi) is 4.65. The van der Waals surface area contributed by atoms with Crippen LogP contribution in [0.5, 0.6) is 5.75 Å². The van der Waals surface area contributed by atoms with E-state index >= 15 is 0 Å². The van der Waals surface area contributed by atoms with E-state index in [1.807, 2.05) is 42.5 Å². The van der Waals surface area contributed by atoms with Crippen LogP contribution < -0.4 is 9.64 Å². The van der Waals surface area contributed by atoms with Crippen LogP contribution in [0.3, 0.4) is 0 Å². The molecule has 0 bridgehead atoms. The zero-order valence-corrected chi connectivity index (χ0v) is 11.9.